The van der Waals surface area contributed by atoms with E-state index in [-0.39, 0.29) is 5.91 Å². The Hall–Kier alpha value is -2.70. The fraction of sp³-hybridized carbons (Fsp3) is 0.375. The van der Waals surface area contributed by atoms with E-state index in [9.17, 15) is 4.79 Å². The van der Waals surface area contributed by atoms with Gasteiger partial charge in [0.25, 0.3) is 5.91 Å². The molecule has 1 N–H and O–H groups in total. The number of fused-ring (bicyclic) bond motifs is 1. The highest BCUT2D eigenvalue weighted by Crippen LogP contribution is 2.38. The number of nitrogens with zero attached hydrogens (tertiary/aromatic N) is 1. The Morgan fingerprint density at radius 1 is 1.13 bits per heavy atom. The third-order valence-corrected chi connectivity index (χ3v) is 3.86. The van der Waals surface area contributed by atoms with Crippen LogP contribution in [0, 0.1) is 0 Å². The highest BCUT2D eigenvalue weighted by Gasteiger charge is 2.24. The molecule has 1 aliphatic carbocycles. The molecule has 1 amide bonds. The number of hydrogen-bond donors (Lipinski definition) is 1. The predicted octanol–water partition coefficient (Wildman–Crippen LogP) is 2.44. The molecule has 7 heteroatoms. The largest absolute Gasteiger partial charge is 0.493 e. The number of carbonyl (C=O) groups excluding carboxylic acids is 1. The predicted molar refractivity (Wildman–Crippen MR) is 82.6 cm³/mol. The number of ether oxygens (including phenoxy) is 3. The van der Waals surface area contributed by atoms with Crippen molar-refractivity contribution >= 4 is 11.8 Å². The zero-order valence-electron chi connectivity index (χ0n) is 13.3. The zero-order chi connectivity index (χ0) is 16.4. The molecule has 0 unspecified atom stereocenters. The minimum absolute atomic E-state index is 0.324. The summed E-state index contributed by atoms with van der Waals surface area (Å²) in [4.78, 5) is 12.5. The number of nitrogens with one attached hydrogen (secondary N) is 1. The normalized spacial score (nSPS) is 12.7. The van der Waals surface area contributed by atoms with Gasteiger partial charge in [-0.3, -0.25) is 10.1 Å². The SMILES string of the molecule is COc1cc(C(=O)Nc2onc3c2CCC3)cc(OC)c1OC. The van der Waals surface area contributed by atoms with Gasteiger partial charge in [-0.05, 0) is 31.4 Å². The number of benzene rings is 1. The van der Waals surface area contributed by atoms with Gasteiger partial charge in [-0.1, -0.05) is 5.16 Å². The number of carbonyl (C=O) groups is 1. The molecule has 122 valence electrons. The first-order chi connectivity index (χ1) is 11.2. The molecule has 1 aromatic heterocycles. The number of hydrogen-bond acceptors (Lipinski definition) is 6. The highest BCUT2D eigenvalue weighted by atomic mass is 16.5. The second-order valence-corrected chi connectivity index (χ2v) is 5.16. The lowest BCUT2D eigenvalue weighted by atomic mass is 10.1. The van der Waals surface area contributed by atoms with Crippen molar-refractivity contribution in [1.82, 2.24) is 5.16 Å². The Morgan fingerprint density at radius 3 is 2.43 bits per heavy atom. The molecule has 0 radical (unpaired) electrons. The van der Waals surface area contributed by atoms with Gasteiger partial charge in [-0.2, -0.15) is 0 Å². The van der Waals surface area contributed by atoms with Gasteiger partial charge < -0.3 is 18.7 Å². The van der Waals surface area contributed by atoms with Gasteiger partial charge in [0.15, 0.2) is 11.5 Å². The maximum absolute atomic E-state index is 12.5. The van der Waals surface area contributed by atoms with Crippen molar-refractivity contribution in [3.63, 3.8) is 0 Å². The molecule has 0 fully saturated rings. The summed E-state index contributed by atoms with van der Waals surface area (Å²) >= 11 is 0. The van der Waals surface area contributed by atoms with Gasteiger partial charge in [0, 0.05) is 11.1 Å². The standard InChI is InChI=1S/C16H18N2O5/c1-20-12-7-9(8-13(21-2)14(12)22-3)15(19)17-16-10-5-4-6-11(10)18-23-16/h7-8H,4-6H2,1-3H3,(H,17,19). The molecule has 1 heterocycles. The average Bonchev–Trinajstić information content (AvgIpc) is 3.18. The average molecular weight is 318 g/mol. The fourth-order valence-corrected chi connectivity index (χ4v) is 2.71. The lowest BCUT2D eigenvalue weighted by molar-refractivity contribution is 0.102. The van der Waals surface area contributed by atoms with Crippen molar-refractivity contribution in [3.05, 3.63) is 29.0 Å². The van der Waals surface area contributed by atoms with Crippen LogP contribution in [0.25, 0.3) is 0 Å². The molecule has 0 aliphatic heterocycles. The Balaban J connectivity index is 1.89. The van der Waals surface area contributed by atoms with Gasteiger partial charge >= 0.3 is 0 Å². The van der Waals surface area contributed by atoms with Crippen molar-refractivity contribution in [3.8, 4) is 17.2 Å². The Labute approximate surface area is 133 Å². The van der Waals surface area contributed by atoms with Gasteiger partial charge in [0.1, 0.15) is 0 Å². The summed E-state index contributed by atoms with van der Waals surface area (Å²) < 4.78 is 21.0. The lowest BCUT2D eigenvalue weighted by Gasteiger charge is -2.13. The summed E-state index contributed by atoms with van der Waals surface area (Å²) in [5.74, 6) is 1.36. The van der Waals surface area contributed by atoms with Crippen LogP contribution in [0.15, 0.2) is 16.7 Å². The van der Waals surface area contributed by atoms with E-state index in [1.165, 1.54) is 21.3 Å². The van der Waals surface area contributed by atoms with E-state index in [1.807, 2.05) is 0 Å². The van der Waals surface area contributed by atoms with Crippen LogP contribution in [0.1, 0.15) is 28.0 Å². The number of methoxy groups -OCH3 is 3. The second-order valence-electron chi connectivity index (χ2n) is 5.16. The van der Waals surface area contributed by atoms with E-state index >= 15 is 0 Å². The fourth-order valence-electron chi connectivity index (χ4n) is 2.71. The van der Waals surface area contributed by atoms with Crippen molar-refractivity contribution in [2.45, 2.75) is 19.3 Å². The summed E-state index contributed by atoms with van der Waals surface area (Å²) in [7, 11) is 4.52. The maximum Gasteiger partial charge on any atom is 0.258 e. The quantitative estimate of drug-likeness (QED) is 0.911. The topological polar surface area (TPSA) is 82.8 Å². The van der Waals surface area contributed by atoms with Gasteiger partial charge in [0.2, 0.25) is 11.6 Å². The minimum Gasteiger partial charge on any atom is -0.493 e. The molecule has 3 rings (SSSR count). The Kier molecular flexibility index (Phi) is 4.10. The molecule has 1 aliphatic rings. The Bertz CT molecular complexity index is 713. The monoisotopic (exact) mass is 318 g/mol. The van der Waals surface area contributed by atoms with Crippen LogP contribution >= 0.6 is 0 Å². The number of aromatic nitrogens is 1. The zero-order valence-corrected chi connectivity index (χ0v) is 13.3. The molecule has 0 atom stereocenters. The van der Waals surface area contributed by atoms with Gasteiger partial charge in [-0.15, -0.1) is 0 Å². The molecular formula is C16H18N2O5. The summed E-state index contributed by atoms with van der Waals surface area (Å²) in [6.45, 7) is 0. The van der Waals surface area contributed by atoms with Crippen LogP contribution in [0.3, 0.4) is 0 Å². The number of rotatable bonds is 5. The van der Waals surface area contributed by atoms with Crippen molar-refractivity contribution < 1.29 is 23.5 Å². The lowest BCUT2D eigenvalue weighted by Crippen LogP contribution is -2.13. The summed E-state index contributed by atoms with van der Waals surface area (Å²) in [6, 6.07) is 3.18. The van der Waals surface area contributed by atoms with Crippen LogP contribution in [0.4, 0.5) is 5.88 Å². The van der Waals surface area contributed by atoms with Crippen LogP contribution in [0.2, 0.25) is 0 Å². The Morgan fingerprint density at radius 2 is 1.83 bits per heavy atom. The van der Waals surface area contributed by atoms with E-state index in [0.29, 0.717) is 28.7 Å². The minimum atomic E-state index is -0.324. The summed E-state index contributed by atoms with van der Waals surface area (Å²) in [5.41, 5.74) is 2.28. The molecule has 0 spiro atoms. The van der Waals surface area contributed by atoms with Gasteiger partial charge in [-0.25, -0.2) is 0 Å². The molecule has 23 heavy (non-hydrogen) atoms. The molecular weight excluding hydrogens is 300 g/mol. The third kappa shape index (κ3) is 2.69. The molecule has 0 bridgehead atoms. The van der Waals surface area contributed by atoms with E-state index in [4.69, 9.17) is 18.7 Å². The number of aryl methyl sites for hydroxylation is 1. The van der Waals surface area contributed by atoms with Gasteiger partial charge in [0.05, 0.1) is 27.0 Å². The van der Waals surface area contributed by atoms with Crippen LogP contribution in [0.5, 0.6) is 17.2 Å². The molecule has 0 saturated carbocycles. The molecule has 2 aromatic rings. The highest BCUT2D eigenvalue weighted by molar-refractivity contribution is 6.04. The second kappa shape index (κ2) is 6.20. The van der Waals surface area contributed by atoms with E-state index in [0.717, 1.165) is 30.5 Å². The third-order valence-electron chi connectivity index (χ3n) is 3.86. The van der Waals surface area contributed by atoms with Crippen LogP contribution in [-0.2, 0) is 12.8 Å². The number of anilines is 1. The van der Waals surface area contributed by atoms with Crippen LogP contribution in [-0.4, -0.2) is 32.4 Å². The molecule has 1 aromatic carbocycles. The molecule has 7 nitrogen and oxygen atoms in total. The maximum atomic E-state index is 12.5. The first-order valence-corrected chi connectivity index (χ1v) is 7.26. The first kappa shape index (κ1) is 15.2. The molecule has 0 saturated heterocycles. The van der Waals surface area contributed by atoms with E-state index in [1.54, 1.807) is 12.1 Å². The van der Waals surface area contributed by atoms with E-state index in [2.05, 4.69) is 10.5 Å². The van der Waals surface area contributed by atoms with Crippen molar-refractivity contribution in [2.24, 2.45) is 0 Å². The summed E-state index contributed by atoms with van der Waals surface area (Å²) in [5, 5.41) is 6.74. The summed E-state index contributed by atoms with van der Waals surface area (Å²) in [6.07, 6.45) is 2.78. The van der Waals surface area contributed by atoms with E-state index < -0.39 is 0 Å². The first-order valence-electron chi connectivity index (χ1n) is 7.26. The number of amides is 1. The van der Waals surface area contributed by atoms with Crippen LogP contribution < -0.4 is 19.5 Å². The van der Waals surface area contributed by atoms with Crippen molar-refractivity contribution in [1.29, 1.82) is 0 Å². The smallest absolute Gasteiger partial charge is 0.258 e. The van der Waals surface area contributed by atoms with Crippen molar-refractivity contribution in [2.75, 3.05) is 26.6 Å².